The molecule has 0 bridgehead atoms. The van der Waals surface area contributed by atoms with Gasteiger partial charge in [-0.15, -0.1) is 0 Å². The predicted octanol–water partition coefficient (Wildman–Crippen LogP) is 1.05. The van der Waals surface area contributed by atoms with Crippen LogP contribution in [0.25, 0.3) is 0 Å². The quantitative estimate of drug-likeness (QED) is 0.751. The number of nitrogens with one attached hydrogen (secondary N) is 1. The Morgan fingerprint density at radius 2 is 2.05 bits per heavy atom. The van der Waals surface area contributed by atoms with Crippen molar-refractivity contribution < 1.29 is 19.8 Å². The van der Waals surface area contributed by atoms with Crippen LogP contribution in [0.1, 0.15) is 30.4 Å². The minimum atomic E-state index is -1.93. The zero-order chi connectivity index (χ0) is 14.9. The Kier molecular flexibility index (Phi) is 3.81. The molecule has 1 aliphatic rings. The summed E-state index contributed by atoms with van der Waals surface area (Å²) in [5.74, 6) is -1.46. The van der Waals surface area contributed by atoms with Gasteiger partial charge in [0.15, 0.2) is 5.60 Å². The largest absolute Gasteiger partial charge is 0.479 e. The van der Waals surface area contributed by atoms with Crippen LogP contribution in [0.5, 0.6) is 0 Å². The lowest BCUT2D eigenvalue weighted by Gasteiger charge is -2.18. The van der Waals surface area contributed by atoms with Crippen LogP contribution in [0.2, 0.25) is 0 Å². The lowest BCUT2D eigenvalue weighted by molar-refractivity contribution is -0.156. The van der Waals surface area contributed by atoms with Crippen LogP contribution in [0.4, 0.5) is 0 Å². The molecule has 1 fully saturated rings. The van der Waals surface area contributed by atoms with E-state index in [0.29, 0.717) is 0 Å². The summed E-state index contributed by atoms with van der Waals surface area (Å²) >= 11 is 0. The molecule has 0 aromatic heterocycles. The van der Waals surface area contributed by atoms with E-state index in [1.165, 1.54) is 6.92 Å². The van der Waals surface area contributed by atoms with Gasteiger partial charge in [0, 0.05) is 5.92 Å². The van der Waals surface area contributed by atoms with Gasteiger partial charge in [-0.25, -0.2) is 4.79 Å². The van der Waals surface area contributed by atoms with E-state index in [1.54, 1.807) is 0 Å². The third kappa shape index (κ3) is 2.99. The SMILES string of the molecule is Cc1ccccc1C1CC1C(=O)NCC(C)(O)C(=O)O. The number of aryl methyl sites for hydroxylation is 1. The Hall–Kier alpha value is -1.88. The van der Waals surface area contributed by atoms with E-state index in [4.69, 9.17) is 5.11 Å². The van der Waals surface area contributed by atoms with Crippen LogP contribution in [-0.2, 0) is 9.59 Å². The van der Waals surface area contributed by atoms with Crippen molar-refractivity contribution in [1.29, 1.82) is 0 Å². The zero-order valence-corrected chi connectivity index (χ0v) is 11.6. The molecule has 3 unspecified atom stereocenters. The first kappa shape index (κ1) is 14.5. The van der Waals surface area contributed by atoms with E-state index in [-0.39, 0.29) is 24.3 Å². The van der Waals surface area contributed by atoms with Crippen molar-refractivity contribution >= 4 is 11.9 Å². The number of hydrogen-bond acceptors (Lipinski definition) is 3. The van der Waals surface area contributed by atoms with Gasteiger partial charge in [0.1, 0.15) is 0 Å². The van der Waals surface area contributed by atoms with Gasteiger partial charge in [0.05, 0.1) is 6.54 Å². The van der Waals surface area contributed by atoms with E-state index < -0.39 is 11.6 Å². The van der Waals surface area contributed by atoms with Gasteiger partial charge in [-0.3, -0.25) is 4.79 Å². The Morgan fingerprint density at radius 1 is 1.40 bits per heavy atom. The first-order valence-electron chi connectivity index (χ1n) is 6.62. The summed E-state index contributed by atoms with van der Waals surface area (Å²) in [6, 6.07) is 7.93. The summed E-state index contributed by atoms with van der Waals surface area (Å²) in [6.45, 7) is 2.90. The van der Waals surface area contributed by atoms with Gasteiger partial charge < -0.3 is 15.5 Å². The Morgan fingerprint density at radius 3 is 2.65 bits per heavy atom. The van der Waals surface area contributed by atoms with E-state index in [2.05, 4.69) is 5.32 Å². The topological polar surface area (TPSA) is 86.6 Å². The van der Waals surface area contributed by atoms with Gasteiger partial charge in [-0.05, 0) is 37.3 Å². The number of rotatable bonds is 5. The van der Waals surface area contributed by atoms with Crippen molar-refractivity contribution in [2.24, 2.45) is 5.92 Å². The molecule has 1 aromatic carbocycles. The van der Waals surface area contributed by atoms with Crippen LogP contribution >= 0.6 is 0 Å². The number of carbonyl (C=O) groups excluding carboxylic acids is 1. The highest BCUT2D eigenvalue weighted by Gasteiger charge is 2.45. The smallest absolute Gasteiger partial charge is 0.337 e. The number of carboxylic acid groups (broad SMARTS) is 1. The predicted molar refractivity (Wildman–Crippen MR) is 73.3 cm³/mol. The summed E-state index contributed by atoms with van der Waals surface area (Å²) in [6.07, 6.45) is 0.770. The monoisotopic (exact) mass is 277 g/mol. The molecule has 5 heteroatoms. The van der Waals surface area contributed by atoms with Crippen LogP contribution in [0.15, 0.2) is 24.3 Å². The molecule has 20 heavy (non-hydrogen) atoms. The number of carbonyl (C=O) groups is 2. The molecule has 0 radical (unpaired) electrons. The molecule has 5 nitrogen and oxygen atoms in total. The molecule has 1 saturated carbocycles. The van der Waals surface area contributed by atoms with Gasteiger partial charge in [0.2, 0.25) is 5.91 Å². The molecule has 1 amide bonds. The van der Waals surface area contributed by atoms with Crippen molar-refractivity contribution in [3.8, 4) is 0 Å². The van der Waals surface area contributed by atoms with Gasteiger partial charge in [-0.2, -0.15) is 0 Å². The molecule has 108 valence electrons. The molecule has 0 saturated heterocycles. The molecule has 3 atom stereocenters. The highest BCUT2D eigenvalue weighted by molar-refractivity contribution is 5.84. The van der Waals surface area contributed by atoms with E-state index in [0.717, 1.165) is 17.5 Å². The van der Waals surface area contributed by atoms with Gasteiger partial charge >= 0.3 is 5.97 Å². The minimum absolute atomic E-state index is 0.124. The summed E-state index contributed by atoms with van der Waals surface area (Å²) in [5.41, 5.74) is 0.394. The number of amides is 1. The molecule has 0 aliphatic heterocycles. The maximum atomic E-state index is 12.0. The highest BCUT2D eigenvalue weighted by Crippen LogP contribution is 2.48. The highest BCUT2D eigenvalue weighted by atomic mass is 16.4. The first-order valence-corrected chi connectivity index (χ1v) is 6.62. The minimum Gasteiger partial charge on any atom is -0.479 e. The maximum absolute atomic E-state index is 12.0. The van der Waals surface area contributed by atoms with Crippen molar-refractivity contribution in [2.45, 2.75) is 31.8 Å². The summed E-state index contributed by atoms with van der Waals surface area (Å²) in [4.78, 5) is 22.7. The molecule has 2 rings (SSSR count). The average molecular weight is 277 g/mol. The second-order valence-corrected chi connectivity index (χ2v) is 5.60. The van der Waals surface area contributed by atoms with Gasteiger partial charge in [-0.1, -0.05) is 24.3 Å². The third-order valence-electron chi connectivity index (χ3n) is 3.78. The molecule has 0 heterocycles. The number of carboxylic acids is 1. The summed E-state index contributed by atoms with van der Waals surface area (Å²) in [7, 11) is 0. The van der Waals surface area contributed by atoms with E-state index in [1.807, 2.05) is 31.2 Å². The Balaban J connectivity index is 1.91. The standard InChI is InChI=1S/C15H19NO4/c1-9-5-3-4-6-10(9)11-7-12(11)13(17)16-8-15(2,20)14(18)19/h3-6,11-12,20H,7-8H2,1-2H3,(H,16,17)(H,18,19). The molecular weight excluding hydrogens is 258 g/mol. The van der Waals surface area contributed by atoms with Crippen LogP contribution < -0.4 is 5.32 Å². The van der Waals surface area contributed by atoms with E-state index >= 15 is 0 Å². The lowest BCUT2D eigenvalue weighted by Crippen LogP contribution is -2.47. The number of aliphatic carboxylic acids is 1. The van der Waals surface area contributed by atoms with Crippen LogP contribution in [-0.4, -0.2) is 34.2 Å². The Labute approximate surface area is 117 Å². The lowest BCUT2D eigenvalue weighted by atomic mass is 10.0. The van der Waals surface area contributed by atoms with Crippen LogP contribution in [0, 0.1) is 12.8 Å². The average Bonchev–Trinajstić information content (AvgIpc) is 3.16. The van der Waals surface area contributed by atoms with E-state index in [9.17, 15) is 14.7 Å². The Bertz CT molecular complexity index is 538. The third-order valence-corrected chi connectivity index (χ3v) is 3.78. The summed E-state index contributed by atoms with van der Waals surface area (Å²) < 4.78 is 0. The fourth-order valence-electron chi connectivity index (χ4n) is 2.30. The molecule has 1 aromatic rings. The molecular formula is C15H19NO4. The molecule has 3 N–H and O–H groups in total. The fraction of sp³-hybridized carbons (Fsp3) is 0.467. The number of benzene rings is 1. The zero-order valence-electron chi connectivity index (χ0n) is 11.6. The molecule has 1 aliphatic carbocycles. The van der Waals surface area contributed by atoms with Crippen molar-refractivity contribution in [3.05, 3.63) is 35.4 Å². The summed E-state index contributed by atoms with van der Waals surface area (Å²) in [5, 5.41) is 20.8. The van der Waals surface area contributed by atoms with Gasteiger partial charge in [0.25, 0.3) is 0 Å². The van der Waals surface area contributed by atoms with Crippen LogP contribution in [0.3, 0.4) is 0 Å². The van der Waals surface area contributed by atoms with Crippen molar-refractivity contribution in [3.63, 3.8) is 0 Å². The number of hydrogen-bond donors (Lipinski definition) is 3. The first-order chi connectivity index (χ1) is 9.33. The normalized spacial score (nSPS) is 23.8. The second kappa shape index (κ2) is 5.25. The number of aliphatic hydroxyl groups is 1. The fourth-order valence-corrected chi connectivity index (χ4v) is 2.30. The second-order valence-electron chi connectivity index (χ2n) is 5.60. The molecule has 0 spiro atoms. The van der Waals surface area contributed by atoms with Crippen molar-refractivity contribution in [2.75, 3.05) is 6.54 Å². The maximum Gasteiger partial charge on any atom is 0.337 e. The van der Waals surface area contributed by atoms with Crippen molar-refractivity contribution in [1.82, 2.24) is 5.32 Å².